The van der Waals surface area contributed by atoms with Crippen LogP contribution in [0.2, 0.25) is 0 Å². The van der Waals surface area contributed by atoms with Crippen LogP contribution in [0.5, 0.6) is 0 Å². The maximum absolute atomic E-state index is 13.2. The largest absolute Gasteiger partial charge is 0.394 e. The molecule has 0 aliphatic carbocycles. The smallest absolute Gasteiger partial charge is 0.251 e. The van der Waals surface area contributed by atoms with Gasteiger partial charge in [0.05, 0.1) is 11.5 Å². The summed E-state index contributed by atoms with van der Waals surface area (Å²) in [7, 11) is -4.06. The third-order valence-corrected chi connectivity index (χ3v) is 7.86. The molecular weight excluding hydrogens is 480 g/mol. The summed E-state index contributed by atoms with van der Waals surface area (Å²) < 4.78 is 28.4. The first kappa shape index (κ1) is 25.8. The Morgan fingerprint density at radius 3 is 2.58 bits per heavy atom. The molecule has 1 aliphatic heterocycles. The van der Waals surface area contributed by atoms with E-state index in [2.05, 4.69) is 10.0 Å². The van der Waals surface area contributed by atoms with Gasteiger partial charge in [0.1, 0.15) is 6.04 Å². The van der Waals surface area contributed by atoms with Gasteiger partial charge in [0.25, 0.3) is 5.91 Å². The number of nitrogens with two attached hydrogens (primary N) is 1. The molecule has 2 atom stereocenters. The summed E-state index contributed by atoms with van der Waals surface area (Å²) in [6, 6.07) is 17.4. The molecule has 1 heterocycles. The lowest BCUT2D eigenvalue weighted by Crippen LogP contribution is -2.53. The molecule has 9 nitrogen and oxygen atoms in total. The van der Waals surface area contributed by atoms with Crippen molar-refractivity contribution in [2.75, 3.05) is 19.7 Å². The van der Waals surface area contributed by atoms with Gasteiger partial charge in [-0.15, -0.1) is 0 Å². The highest BCUT2D eigenvalue weighted by atomic mass is 32.2. The highest BCUT2D eigenvalue weighted by Crippen LogP contribution is 2.21. The SMILES string of the molecule is NCc1cccc(C(=O)NCC2CCCN2C(=O)C(CO)NS(=O)(=O)c2ccc3ccccc3c2)c1. The molecule has 0 spiro atoms. The Labute approximate surface area is 210 Å². The highest BCUT2D eigenvalue weighted by molar-refractivity contribution is 7.89. The van der Waals surface area contributed by atoms with E-state index in [0.29, 0.717) is 31.5 Å². The zero-order valence-electron chi connectivity index (χ0n) is 19.8. The van der Waals surface area contributed by atoms with Crippen molar-refractivity contribution in [1.29, 1.82) is 0 Å². The third kappa shape index (κ3) is 5.73. The molecule has 0 radical (unpaired) electrons. The summed E-state index contributed by atoms with van der Waals surface area (Å²) in [5.41, 5.74) is 6.96. The predicted molar refractivity (Wildman–Crippen MR) is 137 cm³/mol. The molecule has 5 N–H and O–H groups in total. The van der Waals surface area contributed by atoms with E-state index in [-0.39, 0.29) is 23.4 Å². The van der Waals surface area contributed by atoms with Gasteiger partial charge in [-0.2, -0.15) is 4.72 Å². The van der Waals surface area contributed by atoms with Gasteiger partial charge >= 0.3 is 0 Å². The van der Waals surface area contributed by atoms with Crippen LogP contribution in [0.15, 0.2) is 71.6 Å². The van der Waals surface area contributed by atoms with Crippen molar-refractivity contribution in [3.63, 3.8) is 0 Å². The van der Waals surface area contributed by atoms with E-state index < -0.39 is 28.6 Å². The molecule has 0 bridgehead atoms. The second kappa shape index (κ2) is 11.2. The molecule has 190 valence electrons. The van der Waals surface area contributed by atoms with Gasteiger partial charge in [0, 0.05) is 31.2 Å². The Bertz CT molecular complexity index is 1360. The Morgan fingerprint density at radius 2 is 1.83 bits per heavy atom. The number of carbonyl (C=O) groups excluding carboxylic acids is 2. The number of aliphatic hydroxyl groups excluding tert-OH is 1. The lowest BCUT2D eigenvalue weighted by molar-refractivity contribution is -0.134. The highest BCUT2D eigenvalue weighted by Gasteiger charge is 2.35. The molecule has 3 aromatic carbocycles. The van der Waals surface area contributed by atoms with Crippen LogP contribution in [0.1, 0.15) is 28.8 Å². The zero-order chi connectivity index (χ0) is 25.7. The minimum atomic E-state index is -4.06. The quantitative estimate of drug-likeness (QED) is 0.342. The Hall–Kier alpha value is -3.31. The topological polar surface area (TPSA) is 142 Å². The number of rotatable bonds is 9. The van der Waals surface area contributed by atoms with Crippen LogP contribution in [0.3, 0.4) is 0 Å². The van der Waals surface area contributed by atoms with Gasteiger partial charge in [-0.25, -0.2) is 8.42 Å². The molecule has 3 aromatic rings. The summed E-state index contributed by atoms with van der Waals surface area (Å²) in [6.07, 6.45) is 1.37. The molecule has 1 saturated heterocycles. The number of nitrogens with one attached hydrogen (secondary N) is 2. The fourth-order valence-corrected chi connectivity index (χ4v) is 5.66. The van der Waals surface area contributed by atoms with Crippen LogP contribution in [0, 0.1) is 0 Å². The van der Waals surface area contributed by atoms with E-state index in [1.807, 2.05) is 24.3 Å². The van der Waals surface area contributed by atoms with Crippen molar-refractivity contribution in [3.05, 3.63) is 77.9 Å². The lowest BCUT2D eigenvalue weighted by Gasteiger charge is -2.28. The van der Waals surface area contributed by atoms with E-state index >= 15 is 0 Å². The average molecular weight is 511 g/mol. The monoisotopic (exact) mass is 510 g/mol. The number of amides is 2. The molecule has 4 rings (SSSR count). The number of sulfonamides is 1. The number of likely N-dealkylation sites (tertiary alicyclic amines) is 1. The van der Waals surface area contributed by atoms with Crippen molar-refractivity contribution in [2.45, 2.75) is 36.4 Å². The van der Waals surface area contributed by atoms with Crippen LogP contribution in [0.4, 0.5) is 0 Å². The van der Waals surface area contributed by atoms with Crippen molar-refractivity contribution in [1.82, 2.24) is 14.9 Å². The van der Waals surface area contributed by atoms with Gasteiger partial charge in [0.15, 0.2) is 0 Å². The molecule has 1 fully saturated rings. The van der Waals surface area contributed by atoms with Gasteiger partial charge in [-0.1, -0.05) is 42.5 Å². The fourth-order valence-electron chi connectivity index (χ4n) is 4.45. The van der Waals surface area contributed by atoms with Crippen LogP contribution >= 0.6 is 0 Å². The third-order valence-electron chi connectivity index (χ3n) is 6.39. The summed E-state index contributed by atoms with van der Waals surface area (Å²) in [5, 5.41) is 14.4. The Kier molecular flexibility index (Phi) is 8.00. The zero-order valence-corrected chi connectivity index (χ0v) is 20.6. The molecule has 1 aliphatic rings. The van der Waals surface area contributed by atoms with E-state index in [0.717, 1.165) is 16.3 Å². The van der Waals surface area contributed by atoms with Crippen molar-refractivity contribution in [2.24, 2.45) is 5.73 Å². The summed E-state index contributed by atoms with van der Waals surface area (Å²) in [6.45, 7) is 0.264. The lowest BCUT2D eigenvalue weighted by atomic mass is 10.1. The van der Waals surface area contributed by atoms with Crippen LogP contribution in [0.25, 0.3) is 10.8 Å². The van der Waals surface area contributed by atoms with E-state index in [1.54, 1.807) is 30.3 Å². The maximum Gasteiger partial charge on any atom is 0.251 e. The first-order valence-corrected chi connectivity index (χ1v) is 13.3. The number of hydrogen-bond acceptors (Lipinski definition) is 6. The average Bonchev–Trinajstić information content (AvgIpc) is 3.38. The van der Waals surface area contributed by atoms with Gasteiger partial charge in [-0.05, 0) is 53.4 Å². The van der Waals surface area contributed by atoms with Crippen molar-refractivity contribution >= 4 is 32.6 Å². The number of carbonyl (C=O) groups is 2. The Balaban J connectivity index is 1.42. The van der Waals surface area contributed by atoms with Crippen molar-refractivity contribution in [3.8, 4) is 0 Å². The van der Waals surface area contributed by atoms with Crippen LogP contribution < -0.4 is 15.8 Å². The number of benzene rings is 3. The van der Waals surface area contributed by atoms with E-state index in [9.17, 15) is 23.1 Å². The number of hydrogen-bond donors (Lipinski definition) is 4. The minimum Gasteiger partial charge on any atom is -0.394 e. The fraction of sp³-hybridized carbons (Fsp3) is 0.308. The predicted octanol–water partition coefficient (Wildman–Crippen LogP) is 1.36. The van der Waals surface area contributed by atoms with Gasteiger partial charge in [0.2, 0.25) is 15.9 Å². The maximum atomic E-state index is 13.2. The van der Waals surface area contributed by atoms with Gasteiger partial charge in [-0.3, -0.25) is 9.59 Å². The van der Waals surface area contributed by atoms with Crippen molar-refractivity contribution < 1.29 is 23.1 Å². The molecular formula is C26H30N4O5S. The van der Waals surface area contributed by atoms with E-state index in [4.69, 9.17) is 5.73 Å². The number of nitrogens with zero attached hydrogens (tertiary/aromatic N) is 1. The molecule has 36 heavy (non-hydrogen) atoms. The summed E-state index contributed by atoms with van der Waals surface area (Å²) in [5.74, 6) is -0.802. The van der Waals surface area contributed by atoms with Crippen LogP contribution in [-0.2, 0) is 21.4 Å². The molecule has 10 heteroatoms. The Morgan fingerprint density at radius 1 is 1.06 bits per heavy atom. The normalized spacial score (nSPS) is 16.7. The molecule has 2 unspecified atom stereocenters. The number of aliphatic hydroxyl groups is 1. The first-order chi connectivity index (χ1) is 17.3. The second-order valence-corrected chi connectivity index (χ2v) is 10.5. The van der Waals surface area contributed by atoms with Gasteiger partial charge < -0.3 is 21.1 Å². The standard InChI is InChI=1S/C26H30N4O5S/c27-15-18-5-3-8-21(13-18)25(32)28-16-22-9-4-12-30(22)26(33)24(17-31)29-36(34,35)23-11-10-19-6-1-2-7-20(19)14-23/h1-3,5-8,10-11,13-14,22,24,29,31H,4,9,12,15-17,27H2,(H,28,32). The molecule has 0 saturated carbocycles. The summed E-state index contributed by atoms with van der Waals surface area (Å²) in [4.78, 5) is 27.3. The first-order valence-electron chi connectivity index (χ1n) is 11.8. The molecule has 2 amide bonds. The minimum absolute atomic E-state index is 0.0115. The summed E-state index contributed by atoms with van der Waals surface area (Å²) >= 11 is 0. The van der Waals surface area contributed by atoms with Crippen LogP contribution in [-0.4, -0.2) is 62.0 Å². The molecule has 0 aromatic heterocycles. The number of fused-ring (bicyclic) bond motifs is 1. The second-order valence-electron chi connectivity index (χ2n) is 8.81. The van der Waals surface area contributed by atoms with E-state index in [1.165, 1.54) is 17.0 Å².